The predicted molar refractivity (Wildman–Crippen MR) is 76.9 cm³/mol. The van der Waals surface area contributed by atoms with Gasteiger partial charge in [0.2, 0.25) is 5.91 Å². The maximum absolute atomic E-state index is 12.5. The van der Waals surface area contributed by atoms with Crippen LogP contribution in [-0.4, -0.2) is 23.2 Å². The summed E-state index contributed by atoms with van der Waals surface area (Å²) in [6, 6.07) is 4.64. The van der Waals surface area contributed by atoms with E-state index in [2.05, 4.69) is 5.32 Å². The zero-order chi connectivity index (χ0) is 16.4. The Labute approximate surface area is 126 Å². The number of hydrogen-bond donors (Lipinski definition) is 2. The third kappa shape index (κ3) is 4.10. The summed E-state index contributed by atoms with van der Waals surface area (Å²) in [4.78, 5) is 11.8. The largest absolute Gasteiger partial charge is 0.416 e. The van der Waals surface area contributed by atoms with Crippen LogP contribution in [0.15, 0.2) is 30.3 Å². The normalized spacial score (nSPS) is 17.8. The zero-order valence-electron chi connectivity index (χ0n) is 12.2. The van der Waals surface area contributed by atoms with E-state index in [9.17, 15) is 23.1 Å². The van der Waals surface area contributed by atoms with Crippen molar-refractivity contribution in [3.8, 4) is 0 Å². The highest BCUT2D eigenvalue weighted by molar-refractivity contribution is 5.94. The van der Waals surface area contributed by atoms with Crippen LogP contribution < -0.4 is 5.32 Å². The molecule has 22 heavy (non-hydrogen) atoms. The summed E-state index contributed by atoms with van der Waals surface area (Å²) >= 11 is 0. The van der Waals surface area contributed by atoms with Crippen molar-refractivity contribution in [2.24, 2.45) is 0 Å². The van der Waals surface area contributed by atoms with Crippen molar-refractivity contribution >= 4 is 11.5 Å². The highest BCUT2D eigenvalue weighted by Crippen LogP contribution is 2.31. The van der Waals surface area contributed by atoms with E-state index in [0.717, 1.165) is 18.6 Å². The molecule has 0 unspecified atom stereocenters. The number of rotatable bonds is 4. The molecule has 1 saturated carbocycles. The first-order chi connectivity index (χ1) is 10.2. The standard InChI is InChI=1S/C16H18F3NO2/c1-11(9-14(21)20-10-15(22)7-2-8-15)12-3-5-13(6-4-12)16(17,18)19/h3-6,9,22H,2,7-8,10H2,1H3,(H,20,21)/b11-9-. The minimum Gasteiger partial charge on any atom is -0.388 e. The van der Waals surface area contributed by atoms with Crippen LogP contribution in [-0.2, 0) is 11.0 Å². The Balaban J connectivity index is 1.97. The van der Waals surface area contributed by atoms with Gasteiger partial charge in [0, 0.05) is 12.6 Å². The lowest BCUT2D eigenvalue weighted by molar-refractivity contribution is -0.137. The molecule has 0 aliphatic heterocycles. The van der Waals surface area contributed by atoms with Gasteiger partial charge in [-0.25, -0.2) is 0 Å². The molecule has 2 rings (SSSR count). The van der Waals surface area contributed by atoms with Gasteiger partial charge in [-0.3, -0.25) is 4.79 Å². The minimum atomic E-state index is -4.37. The highest BCUT2D eigenvalue weighted by atomic mass is 19.4. The van der Waals surface area contributed by atoms with Crippen LogP contribution in [0.25, 0.3) is 5.57 Å². The van der Waals surface area contributed by atoms with Crippen molar-refractivity contribution in [3.63, 3.8) is 0 Å². The van der Waals surface area contributed by atoms with Gasteiger partial charge in [-0.15, -0.1) is 0 Å². The van der Waals surface area contributed by atoms with Gasteiger partial charge < -0.3 is 10.4 Å². The number of benzene rings is 1. The summed E-state index contributed by atoms with van der Waals surface area (Å²) in [5.41, 5.74) is -0.413. The number of nitrogens with one attached hydrogen (secondary N) is 1. The summed E-state index contributed by atoms with van der Waals surface area (Å²) in [6.45, 7) is 1.85. The van der Waals surface area contributed by atoms with E-state index in [0.29, 0.717) is 24.0 Å². The number of carbonyl (C=O) groups excluding carboxylic acids is 1. The van der Waals surface area contributed by atoms with Crippen molar-refractivity contribution in [1.29, 1.82) is 0 Å². The molecular weight excluding hydrogens is 295 g/mol. The Kier molecular flexibility index (Phi) is 4.60. The van der Waals surface area contributed by atoms with Crippen LogP contribution in [0.1, 0.15) is 37.3 Å². The molecule has 0 atom stereocenters. The van der Waals surface area contributed by atoms with Crippen LogP contribution >= 0.6 is 0 Å². The Morgan fingerprint density at radius 1 is 1.32 bits per heavy atom. The van der Waals surface area contributed by atoms with E-state index >= 15 is 0 Å². The van der Waals surface area contributed by atoms with E-state index in [1.54, 1.807) is 6.92 Å². The molecule has 0 heterocycles. The fraction of sp³-hybridized carbons (Fsp3) is 0.438. The van der Waals surface area contributed by atoms with Crippen LogP contribution in [0.2, 0.25) is 0 Å². The molecule has 1 aliphatic carbocycles. The lowest BCUT2D eigenvalue weighted by atomic mass is 9.80. The molecule has 3 nitrogen and oxygen atoms in total. The number of amides is 1. The van der Waals surface area contributed by atoms with Gasteiger partial charge in [-0.2, -0.15) is 13.2 Å². The maximum atomic E-state index is 12.5. The second-order valence-electron chi connectivity index (χ2n) is 5.70. The van der Waals surface area contributed by atoms with Gasteiger partial charge in [0.15, 0.2) is 0 Å². The molecule has 1 aliphatic rings. The molecule has 1 aromatic rings. The molecule has 0 aromatic heterocycles. The lowest BCUT2D eigenvalue weighted by Gasteiger charge is -2.36. The van der Waals surface area contributed by atoms with Crippen molar-refractivity contribution in [3.05, 3.63) is 41.5 Å². The Morgan fingerprint density at radius 2 is 1.91 bits per heavy atom. The molecule has 0 radical (unpaired) electrons. The van der Waals surface area contributed by atoms with E-state index in [-0.39, 0.29) is 12.5 Å². The van der Waals surface area contributed by atoms with Gasteiger partial charge in [-0.05, 0) is 49.5 Å². The van der Waals surface area contributed by atoms with Crippen LogP contribution in [0.5, 0.6) is 0 Å². The minimum absolute atomic E-state index is 0.197. The highest BCUT2D eigenvalue weighted by Gasteiger charge is 2.34. The number of allylic oxidation sites excluding steroid dienone is 1. The van der Waals surface area contributed by atoms with Crippen molar-refractivity contribution < 1.29 is 23.1 Å². The first-order valence-corrected chi connectivity index (χ1v) is 7.06. The molecule has 2 N–H and O–H groups in total. The molecule has 0 spiro atoms. The number of alkyl halides is 3. The quantitative estimate of drug-likeness (QED) is 0.839. The molecule has 0 saturated heterocycles. The molecule has 1 aromatic carbocycles. The summed E-state index contributed by atoms with van der Waals surface area (Å²) < 4.78 is 37.4. The zero-order valence-corrected chi connectivity index (χ0v) is 12.2. The van der Waals surface area contributed by atoms with Crippen molar-refractivity contribution in [1.82, 2.24) is 5.32 Å². The first kappa shape index (κ1) is 16.5. The average Bonchev–Trinajstić information content (AvgIpc) is 2.42. The van der Waals surface area contributed by atoms with Crippen LogP contribution in [0, 0.1) is 0 Å². The monoisotopic (exact) mass is 313 g/mol. The fourth-order valence-electron chi connectivity index (χ4n) is 2.27. The van der Waals surface area contributed by atoms with Gasteiger partial charge in [-0.1, -0.05) is 12.1 Å². The maximum Gasteiger partial charge on any atom is 0.416 e. The third-order valence-corrected chi connectivity index (χ3v) is 3.89. The van der Waals surface area contributed by atoms with Crippen LogP contribution in [0.3, 0.4) is 0 Å². The first-order valence-electron chi connectivity index (χ1n) is 7.06. The topological polar surface area (TPSA) is 49.3 Å². The van der Waals surface area contributed by atoms with Gasteiger partial charge in [0.1, 0.15) is 0 Å². The Morgan fingerprint density at radius 3 is 2.36 bits per heavy atom. The SMILES string of the molecule is C/C(=C/C(=O)NCC1(O)CCC1)c1ccc(C(F)(F)F)cc1. The summed E-state index contributed by atoms with van der Waals surface area (Å²) in [7, 11) is 0. The van der Waals surface area contributed by atoms with Crippen LogP contribution in [0.4, 0.5) is 13.2 Å². The molecular formula is C16H18F3NO2. The van der Waals surface area contributed by atoms with Crippen molar-refractivity contribution in [2.45, 2.75) is 38.0 Å². The number of aliphatic hydroxyl groups is 1. The Hall–Kier alpha value is -1.82. The van der Waals surface area contributed by atoms with Gasteiger partial charge in [0.25, 0.3) is 0 Å². The predicted octanol–water partition coefficient (Wildman–Crippen LogP) is 3.14. The molecule has 1 fully saturated rings. The summed E-state index contributed by atoms with van der Waals surface area (Å²) in [5, 5.41) is 12.5. The fourth-order valence-corrected chi connectivity index (χ4v) is 2.27. The molecule has 0 bridgehead atoms. The molecule has 6 heteroatoms. The summed E-state index contributed by atoms with van der Waals surface area (Å²) in [5.74, 6) is -0.363. The van der Waals surface area contributed by atoms with Gasteiger partial charge >= 0.3 is 6.18 Å². The smallest absolute Gasteiger partial charge is 0.388 e. The van der Waals surface area contributed by atoms with E-state index in [1.165, 1.54) is 18.2 Å². The van der Waals surface area contributed by atoms with Gasteiger partial charge in [0.05, 0.1) is 11.2 Å². The number of hydrogen-bond acceptors (Lipinski definition) is 2. The number of carbonyl (C=O) groups is 1. The Bertz CT molecular complexity index is 572. The third-order valence-electron chi connectivity index (χ3n) is 3.89. The average molecular weight is 313 g/mol. The van der Waals surface area contributed by atoms with Crippen molar-refractivity contribution in [2.75, 3.05) is 6.54 Å². The molecule has 1 amide bonds. The second kappa shape index (κ2) is 6.12. The molecule has 120 valence electrons. The second-order valence-corrected chi connectivity index (χ2v) is 5.70. The number of halogens is 3. The summed E-state index contributed by atoms with van der Waals surface area (Å²) in [6.07, 6.45) is -0.743. The van der Waals surface area contributed by atoms with E-state index in [4.69, 9.17) is 0 Å². The lowest BCUT2D eigenvalue weighted by Crippen LogP contribution is -2.47. The van der Waals surface area contributed by atoms with E-state index in [1.807, 2.05) is 0 Å². The van der Waals surface area contributed by atoms with E-state index < -0.39 is 17.3 Å².